The topological polar surface area (TPSA) is 56.7 Å². The molecule has 1 aromatic carbocycles. The van der Waals surface area contributed by atoms with Crippen molar-refractivity contribution in [2.45, 2.75) is 26.3 Å². The minimum atomic E-state index is 0.317. The summed E-state index contributed by atoms with van der Waals surface area (Å²) in [6.45, 7) is 4.87. The Labute approximate surface area is 109 Å². The summed E-state index contributed by atoms with van der Waals surface area (Å²) in [6.07, 6.45) is 0. The molecule has 1 heterocycles. The molecule has 0 aliphatic rings. The molecule has 2 rings (SSSR count). The van der Waals surface area contributed by atoms with Gasteiger partial charge in [-0.1, -0.05) is 47.1 Å². The van der Waals surface area contributed by atoms with Crippen LogP contribution in [0.1, 0.15) is 31.0 Å². The monoisotopic (exact) mass is 294 g/mol. The Bertz CT molecular complexity index is 519. The average Bonchev–Trinajstić information content (AvgIpc) is 2.59. The van der Waals surface area contributed by atoms with Gasteiger partial charge in [-0.3, -0.25) is 0 Å². The molecule has 2 aromatic rings. The van der Waals surface area contributed by atoms with Crippen LogP contribution in [0, 0.1) is 0 Å². The second-order valence-electron chi connectivity index (χ2n) is 4.30. The molecule has 0 aliphatic heterocycles. The summed E-state index contributed by atoms with van der Waals surface area (Å²) in [6, 6.07) is 8.14. The van der Waals surface area contributed by atoms with Gasteiger partial charge in [0.15, 0.2) is 5.82 Å². The fourth-order valence-corrected chi connectivity index (χ4v) is 2.30. The van der Waals surface area contributed by atoms with E-state index in [1.807, 2.05) is 16.8 Å². The minimum absolute atomic E-state index is 0.317. The molecule has 4 nitrogen and oxygen atoms in total. The van der Waals surface area contributed by atoms with E-state index in [1.165, 1.54) is 5.56 Å². The molecule has 2 N–H and O–H groups in total. The van der Waals surface area contributed by atoms with Crippen LogP contribution in [0.4, 0.5) is 5.82 Å². The molecule has 17 heavy (non-hydrogen) atoms. The van der Waals surface area contributed by atoms with Crippen molar-refractivity contribution in [3.05, 3.63) is 40.0 Å². The smallest absolute Gasteiger partial charge is 0.169 e. The van der Waals surface area contributed by atoms with Crippen LogP contribution < -0.4 is 5.73 Å². The quantitative estimate of drug-likeness (QED) is 0.947. The van der Waals surface area contributed by atoms with E-state index < -0.39 is 0 Å². The number of benzene rings is 1. The first kappa shape index (κ1) is 12.1. The predicted octanol–water partition coefficient (Wildman–Crippen LogP) is 2.79. The maximum atomic E-state index is 5.82. The van der Waals surface area contributed by atoms with Gasteiger partial charge in [0, 0.05) is 4.47 Å². The molecule has 90 valence electrons. The molecule has 0 bridgehead atoms. The van der Waals surface area contributed by atoms with E-state index in [1.54, 1.807) is 0 Å². The number of rotatable bonds is 3. The zero-order valence-electron chi connectivity index (χ0n) is 9.89. The van der Waals surface area contributed by atoms with Crippen molar-refractivity contribution in [1.29, 1.82) is 0 Å². The number of nitrogen functional groups attached to an aromatic ring is 1. The second-order valence-corrected chi connectivity index (χ2v) is 5.22. The summed E-state index contributed by atoms with van der Waals surface area (Å²) >= 11 is 3.46. The van der Waals surface area contributed by atoms with Crippen LogP contribution in [0.2, 0.25) is 0 Å². The lowest BCUT2D eigenvalue weighted by molar-refractivity contribution is 0.598. The third-order valence-electron chi connectivity index (χ3n) is 2.57. The van der Waals surface area contributed by atoms with Crippen LogP contribution in [0.15, 0.2) is 28.7 Å². The van der Waals surface area contributed by atoms with Gasteiger partial charge in [0.1, 0.15) is 0 Å². The van der Waals surface area contributed by atoms with E-state index in [-0.39, 0.29) is 0 Å². The molecule has 0 unspecified atom stereocenters. The van der Waals surface area contributed by atoms with Crippen LogP contribution in [0.5, 0.6) is 0 Å². The van der Waals surface area contributed by atoms with Crippen LogP contribution in [0.25, 0.3) is 0 Å². The maximum Gasteiger partial charge on any atom is 0.169 e. The first-order valence-corrected chi connectivity index (χ1v) is 6.30. The van der Waals surface area contributed by atoms with Crippen molar-refractivity contribution in [2.75, 3.05) is 5.73 Å². The Morgan fingerprint density at radius 3 is 2.82 bits per heavy atom. The second kappa shape index (κ2) is 4.87. The van der Waals surface area contributed by atoms with E-state index in [9.17, 15) is 0 Å². The third-order valence-corrected chi connectivity index (χ3v) is 3.06. The van der Waals surface area contributed by atoms with Gasteiger partial charge in [0.05, 0.1) is 12.2 Å². The first-order chi connectivity index (χ1) is 8.08. The van der Waals surface area contributed by atoms with Crippen molar-refractivity contribution in [3.8, 4) is 0 Å². The van der Waals surface area contributed by atoms with Gasteiger partial charge < -0.3 is 5.73 Å². The third kappa shape index (κ3) is 2.66. The highest BCUT2D eigenvalue weighted by Crippen LogP contribution is 2.20. The van der Waals surface area contributed by atoms with Crippen LogP contribution in [-0.4, -0.2) is 15.0 Å². The van der Waals surface area contributed by atoms with Gasteiger partial charge in [0.2, 0.25) is 0 Å². The van der Waals surface area contributed by atoms with Gasteiger partial charge in [-0.25, -0.2) is 4.68 Å². The highest BCUT2D eigenvalue weighted by molar-refractivity contribution is 9.10. The Kier molecular flexibility index (Phi) is 3.47. The lowest BCUT2D eigenvalue weighted by Crippen LogP contribution is -2.08. The van der Waals surface area contributed by atoms with Gasteiger partial charge in [-0.05, 0) is 23.6 Å². The number of halogens is 1. The number of nitrogens with two attached hydrogens (primary N) is 1. The largest absolute Gasteiger partial charge is 0.381 e. The van der Waals surface area contributed by atoms with E-state index in [0.717, 1.165) is 10.2 Å². The number of nitrogens with zero attached hydrogens (tertiary/aromatic N) is 3. The molecule has 0 saturated heterocycles. The molecular formula is C12H15BrN4. The Morgan fingerprint density at radius 1 is 1.41 bits per heavy atom. The lowest BCUT2D eigenvalue weighted by Gasteiger charge is -2.09. The zero-order valence-corrected chi connectivity index (χ0v) is 11.5. The van der Waals surface area contributed by atoms with Gasteiger partial charge in [0.25, 0.3) is 0 Å². The zero-order chi connectivity index (χ0) is 12.4. The molecule has 0 spiro atoms. The standard InChI is InChI=1S/C12H15BrN4/c1-8(2)11-12(14)15-16-17(11)7-9-4-3-5-10(13)6-9/h3-6,8H,7,14H2,1-2H3. The van der Waals surface area contributed by atoms with Crippen molar-refractivity contribution in [2.24, 2.45) is 0 Å². The predicted molar refractivity (Wildman–Crippen MR) is 71.8 cm³/mol. The van der Waals surface area contributed by atoms with E-state index in [4.69, 9.17) is 5.73 Å². The molecule has 5 heteroatoms. The molecule has 0 aliphatic carbocycles. The van der Waals surface area contributed by atoms with Gasteiger partial charge in [-0.15, -0.1) is 5.10 Å². The Balaban J connectivity index is 2.30. The Hall–Kier alpha value is -1.36. The minimum Gasteiger partial charge on any atom is -0.381 e. The van der Waals surface area contributed by atoms with E-state index in [0.29, 0.717) is 18.3 Å². The fraction of sp³-hybridized carbons (Fsp3) is 0.333. The molecule has 0 saturated carbocycles. The molecule has 0 radical (unpaired) electrons. The fourth-order valence-electron chi connectivity index (χ4n) is 1.85. The summed E-state index contributed by atoms with van der Waals surface area (Å²) < 4.78 is 2.93. The van der Waals surface area contributed by atoms with Crippen LogP contribution >= 0.6 is 15.9 Å². The molecular weight excluding hydrogens is 280 g/mol. The SMILES string of the molecule is CC(C)c1c(N)nnn1Cc1cccc(Br)c1. The molecule has 0 amide bonds. The highest BCUT2D eigenvalue weighted by atomic mass is 79.9. The average molecular weight is 295 g/mol. The number of hydrogen-bond donors (Lipinski definition) is 1. The Morgan fingerprint density at radius 2 is 2.18 bits per heavy atom. The lowest BCUT2D eigenvalue weighted by atomic mass is 10.1. The first-order valence-electron chi connectivity index (χ1n) is 5.51. The summed E-state index contributed by atoms with van der Waals surface area (Å²) in [4.78, 5) is 0. The normalized spacial score (nSPS) is 11.1. The number of anilines is 1. The summed E-state index contributed by atoms with van der Waals surface area (Å²) in [5.41, 5.74) is 7.99. The molecule has 0 atom stereocenters. The summed E-state index contributed by atoms with van der Waals surface area (Å²) in [5, 5.41) is 8.02. The number of hydrogen-bond acceptors (Lipinski definition) is 3. The maximum absolute atomic E-state index is 5.82. The van der Waals surface area contributed by atoms with Crippen LogP contribution in [0.3, 0.4) is 0 Å². The number of aromatic nitrogens is 3. The summed E-state index contributed by atoms with van der Waals surface area (Å²) in [5.74, 6) is 0.840. The summed E-state index contributed by atoms with van der Waals surface area (Å²) in [7, 11) is 0. The van der Waals surface area contributed by atoms with E-state index >= 15 is 0 Å². The van der Waals surface area contributed by atoms with Crippen molar-refractivity contribution in [3.63, 3.8) is 0 Å². The van der Waals surface area contributed by atoms with Gasteiger partial charge in [-0.2, -0.15) is 0 Å². The van der Waals surface area contributed by atoms with Crippen LogP contribution in [-0.2, 0) is 6.54 Å². The van der Waals surface area contributed by atoms with Crippen molar-refractivity contribution >= 4 is 21.7 Å². The molecule has 0 fully saturated rings. The van der Waals surface area contributed by atoms with Crippen molar-refractivity contribution in [1.82, 2.24) is 15.0 Å². The highest BCUT2D eigenvalue weighted by Gasteiger charge is 2.13. The van der Waals surface area contributed by atoms with Gasteiger partial charge >= 0.3 is 0 Å². The van der Waals surface area contributed by atoms with E-state index in [2.05, 4.69) is 52.2 Å². The molecule has 1 aromatic heterocycles. The van der Waals surface area contributed by atoms with Crippen molar-refractivity contribution < 1.29 is 0 Å².